The molecule has 0 fully saturated rings. The van der Waals surface area contributed by atoms with E-state index in [4.69, 9.17) is 14.4 Å². The van der Waals surface area contributed by atoms with Gasteiger partial charge in [0.2, 0.25) is 0 Å². The van der Waals surface area contributed by atoms with E-state index >= 15 is 0 Å². The summed E-state index contributed by atoms with van der Waals surface area (Å²) in [5.41, 5.74) is 9.52. The minimum Gasteiger partial charge on any atom is -0.501 e. The van der Waals surface area contributed by atoms with Crippen molar-refractivity contribution in [1.82, 2.24) is 14.5 Å². The van der Waals surface area contributed by atoms with E-state index in [0.717, 1.165) is 61.3 Å². The topological polar surface area (TPSA) is 43.9 Å². The normalized spacial score (nSPS) is 12.4. The van der Waals surface area contributed by atoms with Crippen molar-refractivity contribution in [2.24, 2.45) is 5.41 Å². The van der Waals surface area contributed by atoms with Gasteiger partial charge in [0.25, 0.3) is 0 Å². The third-order valence-corrected chi connectivity index (χ3v) is 12.5. The van der Waals surface area contributed by atoms with Crippen LogP contribution in [0.25, 0.3) is 61.3 Å². The molecule has 1 atom stereocenters. The molecule has 3 heterocycles. The van der Waals surface area contributed by atoms with Crippen LogP contribution in [0.3, 0.4) is 0 Å². The van der Waals surface area contributed by atoms with Gasteiger partial charge in [0.05, 0.1) is 30.5 Å². The van der Waals surface area contributed by atoms with Crippen LogP contribution in [0.15, 0.2) is 132 Å². The number of fused-ring (bicyclic) bond motifs is 4. The molecule has 0 aliphatic carbocycles. The molecule has 0 spiro atoms. The van der Waals surface area contributed by atoms with E-state index in [1.165, 1.54) is 17.2 Å². The first kappa shape index (κ1) is 37.2. The Morgan fingerprint density at radius 1 is 0.808 bits per heavy atom. The fourth-order valence-corrected chi connectivity index (χ4v) is 8.38. The third-order valence-electron chi connectivity index (χ3n) is 10.4. The van der Waals surface area contributed by atoms with E-state index in [9.17, 15) is 0 Å². The molecule has 8 aromatic rings. The zero-order valence-corrected chi connectivity index (χ0v) is 34.4. The molecule has 0 aliphatic heterocycles. The molecule has 5 aromatic carbocycles. The zero-order valence-electron chi connectivity index (χ0n) is 31.0. The Bertz CT molecular complexity index is 2440. The van der Waals surface area contributed by atoms with Crippen LogP contribution in [0, 0.1) is 17.5 Å². The summed E-state index contributed by atoms with van der Waals surface area (Å²) in [7, 11) is -1.43. The van der Waals surface area contributed by atoms with Crippen LogP contribution in [0.4, 0.5) is 0 Å². The standard InChI is InChI=1S/C25H15N2O.C21H30NSi.Ir/c1-2-9-17(10-3-1)27-22-15-6-5-14-21(22)26-25(27)20-13-8-12-19-18-11-4-7-16-23(18)28-24(19)20;1-8-21(3,4)16(2)18-14-19(17-12-10-9-11-13-17)22-15-20(18)23(5,6)7;/h1-12,14-16H;9-12,14-16H,8H2,1-7H3;/q2*-1;. The SMILES string of the molecule is CCC(C)(C)C(C)c1cc(-c2[c-]cccc2)ncc1[Si](C)(C)C.[Ir].[c-]1ccc2c(oc3ccccc32)c1-c1nc2ccccc2n1-c1ccccc1. The molecule has 3 aromatic heterocycles. The maximum atomic E-state index is 6.24. The second-order valence-electron chi connectivity index (χ2n) is 15.0. The van der Waals surface area contributed by atoms with E-state index in [1.54, 1.807) is 0 Å². The number of aromatic nitrogens is 3. The number of para-hydroxylation sites is 4. The average molecular weight is 876 g/mol. The number of benzene rings is 5. The molecule has 6 heteroatoms. The molecule has 1 unspecified atom stereocenters. The van der Waals surface area contributed by atoms with Gasteiger partial charge in [-0.1, -0.05) is 125 Å². The summed E-state index contributed by atoms with van der Waals surface area (Å²) in [6.07, 6.45) is 3.31. The van der Waals surface area contributed by atoms with Gasteiger partial charge in [0, 0.05) is 37.4 Å². The quantitative estimate of drug-likeness (QED) is 0.118. The number of furan rings is 1. The number of hydrogen-bond acceptors (Lipinski definition) is 3. The Morgan fingerprint density at radius 3 is 2.25 bits per heavy atom. The van der Waals surface area contributed by atoms with Gasteiger partial charge in [-0.05, 0) is 52.5 Å². The van der Waals surface area contributed by atoms with Crippen molar-refractivity contribution in [3.8, 4) is 28.3 Å². The van der Waals surface area contributed by atoms with Crippen LogP contribution in [-0.2, 0) is 20.1 Å². The first-order valence-electron chi connectivity index (χ1n) is 17.9. The maximum Gasteiger partial charge on any atom is 0.120 e. The molecule has 1 radical (unpaired) electrons. The summed E-state index contributed by atoms with van der Waals surface area (Å²) in [5.74, 6) is 1.34. The number of nitrogens with zero attached hydrogens (tertiary/aromatic N) is 3. The first-order chi connectivity index (χ1) is 24.6. The van der Waals surface area contributed by atoms with Gasteiger partial charge in [-0.15, -0.1) is 54.1 Å². The van der Waals surface area contributed by atoms with Crippen LogP contribution in [-0.4, -0.2) is 22.6 Å². The largest absolute Gasteiger partial charge is 0.501 e. The number of imidazole rings is 1. The van der Waals surface area contributed by atoms with Gasteiger partial charge in [0.15, 0.2) is 0 Å². The molecule has 265 valence electrons. The van der Waals surface area contributed by atoms with E-state index in [0.29, 0.717) is 5.92 Å². The minimum atomic E-state index is -1.43. The number of hydrogen-bond donors (Lipinski definition) is 0. The molecular formula is C46H45IrN3OSi-2. The first-order valence-corrected chi connectivity index (χ1v) is 21.4. The van der Waals surface area contributed by atoms with Crippen molar-refractivity contribution in [3.05, 3.63) is 145 Å². The summed E-state index contributed by atoms with van der Waals surface area (Å²) in [6.45, 7) is 16.6. The summed E-state index contributed by atoms with van der Waals surface area (Å²) >= 11 is 0. The van der Waals surface area contributed by atoms with Crippen molar-refractivity contribution in [3.63, 3.8) is 0 Å². The van der Waals surface area contributed by atoms with Crippen molar-refractivity contribution >= 4 is 46.2 Å². The average Bonchev–Trinajstić information content (AvgIpc) is 3.74. The summed E-state index contributed by atoms with van der Waals surface area (Å²) in [4.78, 5) is 9.72. The Balaban J connectivity index is 0.000000179. The fraction of sp³-hybridized carbons (Fsp3) is 0.217. The van der Waals surface area contributed by atoms with Crippen LogP contribution >= 0.6 is 0 Å². The van der Waals surface area contributed by atoms with E-state index < -0.39 is 8.07 Å². The van der Waals surface area contributed by atoms with Gasteiger partial charge in [0.1, 0.15) is 5.58 Å². The molecule has 0 saturated heterocycles. The molecule has 52 heavy (non-hydrogen) atoms. The van der Waals surface area contributed by atoms with E-state index in [-0.39, 0.29) is 25.5 Å². The predicted molar refractivity (Wildman–Crippen MR) is 217 cm³/mol. The monoisotopic (exact) mass is 876 g/mol. The van der Waals surface area contributed by atoms with Gasteiger partial charge in [-0.25, -0.2) is 0 Å². The summed E-state index contributed by atoms with van der Waals surface area (Å²) < 4.78 is 8.41. The number of rotatable bonds is 7. The summed E-state index contributed by atoms with van der Waals surface area (Å²) in [5, 5.41) is 3.68. The van der Waals surface area contributed by atoms with Crippen LogP contribution < -0.4 is 5.19 Å². The molecule has 8 rings (SSSR count). The van der Waals surface area contributed by atoms with Crippen LogP contribution in [0.1, 0.15) is 45.6 Å². The van der Waals surface area contributed by atoms with Crippen molar-refractivity contribution in [2.45, 2.75) is 59.7 Å². The second-order valence-corrected chi connectivity index (χ2v) is 20.1. The van der Waals surface area contributed by atoms with Crippen LogP contribution in [0.2, 0.25) is 19.6 Å². The third kappa shape index (κ3) is 7.21. The zero-order chi connectivity index (χ0) is 35.8. The molecule has 0 N–H and O–H groups in total. The Kier molecular flexibility index (Phi) is 10.8. The van der Waals surface area contributed by atoms with Crippen molar-refractivity contribution < 1.29 is 24.5 Å². The van der Waals surface area contributed by atoms with E-state index in [1.807, 2.05) is 72.8 Å². The second kappa shape index (κ2) is 15.2. The minimum absolute atomic E-state index is 0. The molecule has 0 aliphatic rings. The maximum absolute atomic E-state index is 6.24. The van der Waals surface area contributed by atoms with Crippen molar-refractivity contribution in [1.29, 1.82) is 0 Å². The smallest absolute Gasteiger partial charge is 0.120 e. The number of pyridine rings is 1. The molecule has 0 bridgehead atoms. The van der Waals surface area contributed by atoms with Crippen molar-refractivity contribution in [2.75, 3.05) is 0 Å². The van der Waals surface area contributed by atoms with Gasteiger partial charge >= 0.3 is 0 Å². The summed E-state index contributed by atoms with van der Waals surface area (Å²) in [6, 6.07) is 47.7. The van der Waals surface area contributed by atoms with Gasteiger partial charge < -0.3 is 14.0 Å². The Hall–Kier alpha value is -4.61. The molecule has 0 saturated carbocycles. The van der Waals surface area contributed by atoms with Crippen LogP contribution in [0.5, 0.6) is 0 Å². The fourth-order valence-electron chi connectivity index (χ4n) is 6.77. The van der Waals surface area contributed by atoms with Gasteiger partial charge in [-0.3, -0.25) is 4.98 Å². The molecule has 4 nitrogen and oxygen atoms in total. The van der Waals surface area contributed by atoms with E-state index in [2.05, 4.69) is 119 Å². The molecule has 0 amide bonds. The predicted octanol–water partition coefficient (Wildman–Crippen LogP) is 12.0. The van der Waals surface area contributed by atoms with Gasteiger partial charge in [-0.2, -0.15) is 0 Å². The molecular weight excluding hydrogens is 831 g/mol. The Morgan fingerprint density at radius 2 is 1.52 bits per heavy atom. The Labute approximate surface area is 322 Å².